The number of aryl methyl sites for hydroxylation is 3. The maximum Gasteiger partial charge on any atom is 0.156 e. The average molecular weight is 836 g/mol. The molecule has 8 aromatic rings. The number of amidine groups is 1. The monoisotopic (exact) mass is 835 g/mol. The lowest BCUT2D eigenvalue weighted by molar-refractivity contribution is 0.978. The quantitative estimate of drug-likeness (QED) is 0.118. The number of fused-ring (bicyclic) bond motifs is 6. The number of benzene rings is 7. The van der Waals surface area contributed by atoms with E-state index in [1.807, 2.05) is 64.1 Å². The third-order valence-electron chi connectivity index (χ3n) is 11.9. The van der Waals surface area contributed by atoms with Gasteiger partial charge < -0.3 is 4.57 Å². The highest BCUT2D eigenvalue weighted by atomic mass is 15.0. The van der Waals surface area contributed by atoms with Gasteiger partial charge in [-0.3, -0.25) is 0 Å². The molecule has 0 saturated carbocycles. The highest BCUT2D eigenvalue weighted by molar-refractivity contribution is 6.15. The Kier molecular flexibility index (Phi) is 14.6. The fourth-order valence-corrected chi connectivity index (χ4v) is 8.83. The van der Waals surface area contributed by atoms with Crippen LogP contribution >= 0.6 is 0 Å². The van der Waals surface area contributed by atoms with Crippen LogP contribution in [0.25, 0.3) is 49.9 Å². The van der Waals surface area contributed by atoms with Crippen LogP contribution in [0, 0.1) is 20.8 Å². The number of nitrogens with zero attached hydrogens (tertiary/aromatic N) is 3. The van der Waals surface area contributed by atoms with Gasteiger partial charge in [0, 0.05) is 27.7 Å². The second-order valence-corrected chi connectivity index (χ2v) is 15.9. The smallest absolute Gasteiger partial charge is 0.156 e. The Balaban J connectivity index is 0.000000181. The first kappa shape index (κ1) is 44.9. The van der Waals surface area contributed by atoms with Crippen LogP contribution < -0.4 is 0 Å². The van der Waals surface area contributed by atoms with Crippen LogP contribution in [0.3, 0.4) is 0 Å². The lowest BCUT2D eigenvalue weighted by atomic mass is 9.90. The molecule has 0 amide bonds. The summed E-state index contributed by atoms with van der Waals surface area (Å²) in [6, 6.07) is 59.9. The van der Waals surface area contributed by atoms with E-state index < -0.39 is 0 Å². The molecule has 320 valence electrons. The summed E-state index contributed by atoms with van der Waals surface area (Å²) in [4.78, 5) is 10.1. The molecule has 2 aliphatic rings. The molecule has 3 nitrogen and oxygen atoms in total. The normalized spacial score (nSPS) is 13.1. The van der Waals surface area contributed by atoms with E-state index in [0.717, 1.165) is 47.6 Å². The number of aliphatic imine (C=N–C) groups is 2. The standard InChI is InChI=1S/C31H28N2.C26H21N.2C2H6/c1-21-17-18-26-20-30-27(29(26)19-21)15-10-16-28(30)31(32-22(2)24-11-6-4-7-12-24)33-23(3)25-13-8-5-9-14-25;1-18-10-6-7-13-21(18)23-17-26-24(16-19(23)2)22-14-8-9-15-25(22)27(26)20-11-4-3-5-12-20;2*1-2/h4-9,11-15,17-19H,2,10,16,20H2,1,3H3;3-17H,1-2H3;2*1-2H3. The molecule has 0 atom stereocenters. The predicted octanol–water partition coefficient (Wildman–Crippen LogP) is 16.7. The molecule has 0 saturated heterocycles. The topological polar surface area (TPSA) is 29.6 Å². The van der Waals surface area contributed by atoms with Crippen LogP contribution in [0.15, 0.2) is 204 Å². The summed E-state index contributed by atoms with van der Waals surface area (Å²) in [6.45, 7) is 20.9. The fraction of sp³-hybridized carbons (Fsp3) is 0.180. The predicted molar refractivity (Wildman–Crippen MR) is 279 cm³/mol. The maximum atomic E-state index is 5.10. The van der Waals surface area contributed by atoms with Gasteiger partial charge in [0.1, 0.15) is 0 Å². The Bertz CT molecular complexity index is 3030. The van der Waals surface area contributed by atoms with E-state index in [1.54, 1.807) is 0 Å². The molecular formula is C61H61N3. The number of para-hydroxylation sites is 2. The number of allylic oxidation sites excluding steroid dienone is 3. The molecular weight excluding hydrogens is 775 g/mol. The van der Waals surface area contributed by atoms with E-state index in [-0.39, 0.29) is 0 Å². The number of hydrogen-bond acceptors (Lipinski definition) is 1. The van der Waals surface area contributed by atoms with Gasteiger partial charge in [-0.15, -0.1) is 0 Å². The molecule has 0 bridgehead atoms. The Labute approximate surface area is 381 Å². The molecule has 0 aliphatic heterocycles. The first-order valence-electron chi connectivity index (χ1n) is 23.0. The molecule has 10 rings (SSSR count). The molecule has 2 aliphatic carbocycles. The van der Waals surface area contributed by atoms with E-state index >= 15 is 0 Å². The zero-order valence-corrected chi connectivity index (χ0v) is 38.9. The summed E-state index contributed by atoms with van der Waals surface area (Å²) in [7, 11) is 0. The number of rotatable bonds is 6. The highest BCUT2D eigenvalue weighted by Crippen LogP contribution is 2.43. The molecule has 0 radical (unpaired) electrons. The molecule has 0 fully saturated rings. The van der Waals surface area contributed by atoms with Crippen molar-refractivity contribution >= 4 is 44.6 Å². The van der Waals surface area contributed by atoms with Gasteiger partial charge in [0.05, 0.1) is 16.7 Å². The third-order valence-corrected chi connectivity index (χ3v) is 11.9. The van der Waals surface area contributed by atoms with Crippen molar-refractivity contribution in [2.45, 2.75) is 74.7 Å². The van der Waals surface area contributed by atoms with Gasteiger partial charge in [-0.25, -0.2) is 9.98 Å². The average Bonchev–Trinajstić information content (AvgIpc) is 3.88. The first-order chi connectivity index (χ1) is 31.3. The summed E-state index contributed by atoms with van der Waals surface area (Å²) in [5, 5.41) is 2.61. The molecule has 7 aromatic carbocycles. The minimum atomic E-state index is 0.741. The van der Waals surface area contributed by atoms with Crippen LogP contribution in [0.4, 0.5) is 0 Å². The summed E-state index contributed by atoms with van der Waals surface area (Å²) < 4.78 is 2.38. The van der Waals surface area contributed by atoms with Crippen LogP contribution in [-0.2, 0) is 6.42 Å². The van der Waals surface area contributed by atoms with Gasteiger partial charge in [0.2, 0.25) is 0 Å². The summed E-state index contributed by atoms with van der Waals surface area (Å²) in [5.74, 6) is 0.787. The van der Waals surface area contributed by atoms with E-state index in [9.17, 15) is 0 Å². The second kappa shape index (κ2) is 20.8. The Morgan fingerprint density at radius 3 is 1.88 bits per heavy atom. The van der Waals surface area contributed by atoms with Gasteiger partial charge in [-0.05, 0) is 133 Å². The zero-order chi connectivity index (χ0) is 45.2. The van der Waals surface area contributed by atoms with Crippen molar-refractivity contribution in [2.75, 3.05) is 0 Å². The lowest BCUT2D eigenvalue weighted by Gasteiger charge is -2.18. The third kappa shape index (κ3) is 9.45. The van der Waals surface area contributed by atoms with Crippen LogP contribution in [0.1, 0.15) is 86.4 Å². The van der Waals surface area contributed by atoms with Crippen molar-refractivity contribution in [2.24, 2.45) is 9.98 Å². The van der Waals surface area contributed by atoms with Gasteiger partial charge in [0.25, 0.3) is 0 Å². The van der Waals surface area contributed by atoms with Crippen molar-refractivity contribution in [3.8, 4) is 16.8 Å². The largest absolute Gasteiger partial charge is 0.309 e. The minimum absolute atomic E-state index is 0.741. The minimum Gasteiger partial charge on any atom is -0.309 e. The van der Waals surface area contributed by atoms with Crippen molar-refractivity contribution in [1.82, 2.24) is 4.57 Å². The molecule has 1 aromatic heterocycles. The zero-order valence-electron chi connectivity index (χ0n) is 38.9. The molecule has 1 heterocycles. The summed E-state index contributed by atoms with van der Waals surface area (Å²) >= 11 is 0. The van der Waals surface area contributed by atoms with Crippen LogP contribution in [0.5, 0.6) is 0 Å². The molecule has 0 N–H and O–H groups in total. The molecule has 0 unspecified atom stereocenters. The van der Waals surface area contributed by atoms with Crippen LogP contribution in [0.2, 0.25) is 0 Å². The van der Waals surface area contributed by atoms with E-state index in [0.29, 0.717) is 0 Å². The molecule has 0 spiro atoms. The first-order valence-corrected chi connectivity index (χ1v) is 23.0. The second-order valence-electron chi connectivity index (χ2n) is 15.9. The molecule has 64 heavy (non-hydrogen) atoms. The lowest BCUT2D eigenvalue weighted by Crippen LogP contribution is -2.10. The van der Waals surface area contributed by atoms with E-state index in [4.69, 9.17) is 9.98 Å². The van der Waals surface area contributed by atoms with Crippen molar-refractivity contribution < 1.29 is 0 Å². The van der Waals surface area contributed by atoms with Crippen molar-refractivity contribution in [1.29, 1.82) is 0 Å². The van der Waals surface area contributed by atoms with Crippen molar-refractivity contribution in [3.05, 3.63) is 233 Å². The highest BCUT2D eigenvalue weighted by Gasteiger charge is 2.28. The van der Waals surface area contributed by atoms with Crippen molar-refractivity contribution in [3.63, 3.8) is 0 Å². The van der Waals surface area contributed by atoms with Crippen LogP contribution in [-0.4, -0.2) is 16.1 Å². The van der Waals surface area contributed by atoms with Gasteiger partial charge >= 0.3 is 0 Å². The summed E-state index contributed by atoms with van der Waals surface area (Å²) in [6.07, 6.45) is 5.27. The number of hydrogen-bond donors (Lipinski definition) is 0. The van der Waals surface area contributed by atoms with Gasteiger partial charge in [-0.2, -0.15) is 0 Å². The Hall–Kier alpha value is -7.10. The maximum absolute atomic E-state index is 5.10. The number of aromatic nitrogens is 1. The van der Waals surface area contributed by atoms with Gasteiger partial charge in [0.15, 0.2) is 5.84 Å². The van der Waals surface area contributed by atoms with E-state index in [2.05, 4.69) is 178 Å². The fourth-order valence-electron chi connectivity index (χ4n) is 8.83. The Morgan fingerprint density at radius 2 is 1.17 bits per heavy atom. The Morgan fingerprint density at radius 1 is 0.547 bits per heavy atom. The summed E-state index contributed by atoms with van der Waals surface area (Å²) in [5.41, 5.74) is 20.8. The van der Waals surface area contributed by atoms with Gasteiger partial charge in [-0.1, -0.05) is 185 Å². The SMILES string of the molecule is C=C(N=C(N=C(C)c1ccccc1)C1=C2Cc3ccc(C)cc3C2=CCC1)c1ccccc1.CC.CC.Cc1ccccc1-c1cc2c(cc1C)c1ccccc1n2-c1ccccc1. The van der Waals surface area contributed by atoms with E-state index in [1.165, 1.54) is 83.2 Å². The molecule has 3 heteroatoms.